The van der Waals surface area contributed by atoms with Crippen LogP contribution in [0.4, 0.5) is 0 Å². The highest BCUT2D eigenvalue weighted by molar-refractivity contribution is 5.55. The van der Waals surface area contributed by atoms with E-state index < -0.39 is 0 Å². The van der Waals surface area contributed by atoms with E-state index in [-0.39, 0.29) is 18.8 Å². The summed E-state index contributed by atoms with van der Waals surface area (Å²) in [5.74, 6) is 1.38. The molecule has 3 atom stereocenters. The molecule has 3 N–H and O–H groups in total. The summed E-state index contributed by atoms with van der Waals surface area (Å²) in [6.45, 7) is 1.55. The third kappa shape index (κ3) is 4.17. The Morgan fingerprint density at radius 2 is 1.75 bits per heavy atom. The van der Waals surface area contributed by atoms with Crippen LogP contribution in [0.1, 0.15) is 24.0 Å². The molecule has 146 valence electrons. The van der Waals surface area contributed by atoms with Crippen molar-refractivity contribution in [1.29, 1.82) is 0 Å². The van der Waals surface area contributed by atoms with Gasteiger partial charge >= 0.3 is 0 Å². The van der Waals surface area contributed by atoms with E-state index in [1.807, 2.05) is 54.9 Å². The molecule has 1 aliphatic rings. The van der Waals surface area contributed by atoms with Gasteiger partial charge in [-0.15, -0.1) is 0 Å². The van der Waals surface area contributed by atoms with Crippen LogP contribution in [-0.2, 0) is 19.7 Å². The fourth-order valence-electron chi connectivity index (χ4n) is 4.19. The molecule has 1 saturated carbocycles. The van der Waals surface area contributed by atoms with Crippen LogP contribution >= 0.6 is 0 Å². The summed E-state index contributed by atoms with van der Waals surface area (Å²) in [7, 11) is 0. The van der Waals surface area contributed by atoms with Crippen LogP contribution in [0.25, 0.3) is 11.4 Å². The first-order chi connectivity index (χ1) is 13.7. The Kier molecular flexibility index (Phi) is 5.86. The predicted molar refractivity (Wildman–Crippen MR) is 109 cm³/mol. The SMILES string of the molecule is OCc1ccccc1CN[C@@H]1CC(Cn2ccnc2-c2ccccc2)C[C@H]1O. The third-order valence-corrected chi connectivity index (χ3v) is 5.67. The van der Waals surface area contributed by atoms with Crippen LogP contribution in [-0.4, -0.2) is 31.9 Å². The molecule has 5 heteroatoms. The lowest BCUT2D eigenvalue weighted by molar-refractivity contribution is 0.145. The molecule has 0 spiro atoms. The summed E-state index contributed by atoms with van der Waals surface area (Å²) < 4.78 is 2.19. The van der Waals surface area contributed by atoms with Gasteiger partial charge in [-0.25, -0.2) is 4.98 Å². The second kappa shape index (κ2) is 8.69. The van der Waals surface area contributed by atoms with Crippen molar-refractivity contribution in [2.45, 2.75) is 44.7 Å². The van der Waals surface area contributed by atoms with Crippen LogP contribution in [0.3, 0.4) is 0 Å². The molecule has 1 aromatic heterocycles. The summed E-state index contributed by atoms with van der Waals surface area (Å²) in [6, 6.07) is 18.2. The van der Waals surface area contributed by atoms with Gasteiger partial charge in [0.2, 0.25) is 0 Å². The minimum absolute atomic E-state index is 0.0383. The van der Waals surface area contributed by atoms with Gasteiger partial charge in [-0.1, -0.05) is 54.6 Å². The van der Waals surface area contributed by atoms with E-state index >= 15 is 0 Å². The van der Waals surface area contributed by atoms with Crippen molar-refractivity contribution in [2.75, 3.05) is 0 Å². The molecule has 0 bridgehead atoms. The molecular formula is C23H27N3O2. The second-order valence-corrected chi connectivity index (χ2v) is 7.59. The number of nitrogens with one attached hydrogen (secondary N) is 1. The van der Waals surface area contributed by atoms with Crippen molar-refractivity contribution in [2.24, 2.45) is 5.92 Å². The summed E-state index contributed by atoms with van der Waals surface area (Å²) in [5.41, 5.74) is 3.13. The number of benzene rings is 2. The monoisotopic (exact) mass is 377 g/mol. The molecule has 1 heterocycles. The zero-order chi connectivity index (χ0) is 19.3. The lowest BCUT2D eigenvalue weighted by Gasteiger charge is -2.18. The van der Waals surface area contributed by atoms with Gasteiger partial charge in [-0.3, -0.25) is 0 Å². The number of hydrogen-bond donors (Lipinski definition) is 3. The lowest BCUT2D eigenvalue weighted by Crippen LogP contribution is -2.35. The summed E-state index contributed by atoms with van der Waals surface area (Å²) in [5, 5.41) is 23.5. The normalized spacial score (nSPS) is 21.9. The van der Waals surface area contributed by atoms with E-state index in [0.29, 0.717) is 12.5 Å². The van der Waals surface area contributed by atoms with Gasteiger partial charge < -0.3 is 20.1 Å². The Balaban J connectivity index is 1.38. The first-order valence-electron chi connectivity index (χ1n) is 9.90. The van der Waals surface area contributed by atoms with Crippen LogP contribution in [0.15, 0.2) is 67.0 Å². The fraction of sp³-hybridized carbons (Fsp3) is 0.348. The van der Waals surface area contributed by atoms with Crippen molar-refractivity contribution in [1.82, 2.24) is 14.9 Å². The van der Waals surface area contributed by atoms with E-state index in [1.54, 1.807) is 0 Å². The van der Waals surface area contributed by atoms with Crippen LogP contribution < -0.4 is 5.32 Å². The van der Waals surface area contributed by atoms with Crippen molar-refractivity contribution >= 4 is 0 Å². The molecule has 3 aromatic rings. The minimum Gasteiger partial charge on any atom is -0.392 e. The Hall–Kier alpha value is -2.47. The Bertz CT molecular complexity index is 894. The van der Waals surface area contributed by atoms with Gasteiger partial charge in [0.25, 0.3) is 0 Å². The van der Waals surface area contributed by atoms with E-state index in [2.05, 4.69) is 27.0 Å². The number of rotatable bonds is 7. The zero-order valence-electron chi connectivity index (χ0n) is 15.9. The highest BCUT2D eigenvalue weighted by Gasteiger charge is 2.33. The molecular weight excluding hydrogens is 350 g/mol. The van der Waals surface area contributed by atoms with Gasteiger partial charge in [0.15, 0.2) is 0 Å². The molecule has 2 aromatic carbocycles. The molecule has 5 nitrogen and oxygen atoms in total. The molecule has 0 radical (unpaired) electrons. The van der Waals surface area contributed by atoms with Crippen molar-refractivity contribution in [3.8, 4) is 11.4 Å². The highest BCUT2D eigenvalue weighted by atomic mass is 16.3. The quantitative estimate of drug-likeness (QED) is 0.592. The average Bonchev–Trinajstić information content (AvgIpc) is 3.33. The fourth-order valence-corrected chi connectivity index (χ4v) is 4.19. The number of aliphatic hydroxyl groups is 2. The second-order valence-electron chi connectivity index (χ2n) is 7.59. The van der Waals surface area contributed by atoms with Gasteiger partial charge in [0.1, 0.15) is 5.82 Å². The molecule has 4 rings (SSSR count). The van der Waals surface area contributed by atoms with Crippen molar-refractivity contribution in [3.05, 3.63) is 78.1 Å². The first kappa shape index (κ1) is 18.9. The van der Waals surface area contributed by atoms with E-state index in [0.717, 1.165) is 41.9 Å². The molecule has 0 aliphatic heterocycles. The Morgan fingerprint density at radius 1 is 1.00 bits per heavy atom. The Morgan fingerprint density at radius 3 is 2.54 bits per heavy atom. The lowest BCUT2D eigenvalue weighted by atomic mass is 10.1. The summed E-state index contributed by atoms with van der Waals surface area (Å²) >= 11 is 0. The van der Waals surface area contributed by atoms with E-state index in [9.17, 15) is 10.2 Å². The largest absolute Gasteiger partial charge is 0.392 e. The number of aromatic nitrogens is 2. The maximum Gasteiger partial charge on any atom is 0.139 e. The number of imidazole rings is 1. The molecule has 1 fully saturated rings. The van der Waals surface area contributed by atoms with E-state index in [1.165, 1.54) is 0 Å². The zero-order valence-corrected chi connectivity index (χ0v) is 15.9. The number of aliphatic hydroxyl groups excluding tert-OH is 2. The van der Waals surface area contributed by atoms with Gasteiger partial charge in [-0.2, -0.15) is 0 Å². The highest BCUT2D eigenvalue weighted by Crippen LogP contribution is 2.29. The first-order valence-corrected chi connectivity index (χ1v) is 9.90. The predicted octanol–water partition coefficient (Wildman–Crippen LogP) is 2.97. The maximum absolute atomic E-state index is 10.5. The van der Waals surface area contributed by atoms with Gasteiger partial charge in [0, 0.05) is 37.1 Å². The molecule has 1 unspecified atom stereocenters. The molecule has 28 heavy (non-hydrogen) atoms. The molecule has 1 aliphatic carbocycles. The van der Waals surface area contributed by atoms with Gasteiger partial charge in [0.05, 0.1) is 12.7 Å². The topological polar surface area (TPSA) is 70.3 Å². The van der Waals surface area contributed by atoms with Crippen molar-refractivity contribution < 1.29 is 10.2 Å². The smallest absolute Gasteiger partial charge is 0.139 e. The number of hydrogen-bond acceptors (Lipinski definition) is 4. The maximum atomic E-state index is 10.5. The summed E-state index contributed by atoms with van der Waals surface area (Å²) in [6.07, 6.45) is 5.22. The van der Waals surface area contributed by atoms with Crippen LogP contribution in [0, 0.1) is 5.92 Å². The Labute approximate surface area is 165 Å². The van der Waals surface area contributed by atoms with Crippen LogP contribution in [0.2, 0.25) is 0 Å². The van der Waals surface area contributed by atoms with Crippen molar-refractivity contribution in [3.63, 3.8) is 0 Å². The number of nitrogens with zero attached hydrogens (tertiary/aromatic N) is 2. The molecule has 0 saturated heterocycles. The van der Waals surface area contributed by atoms with E-state index in [4.69, 9.17) is 0 Å². The standard InChI is InChI=1S/C23H27N3O2/c27-16-20-9-5-4-8-19(20)14-25-21-12-17(13-22(21)28)15-26-11-10-24-23(26)18-6-2-1-3-7-18/h1-11,17,21-22,25,27-28H,12-16H2/t17?,21-,22-/m1/s1. The summed E-state index contributed by atoms with van der Waals surface area (Å²) in [4.78, 5) is 4.52. The molecule has 0 amide bonds. The van der Waals surface area contributed by atoms with Crippen LogP contribution in [0.5, 0.6) is 0 Å². The minimum atomic E-state index is -0.352. The average molecular weight is 377 g/mol. The third-order valence-electron chi connectivity index (χ3n) is 5.67. The van der Waals surface area contributed by atoms with Gasteiger partial charge in [-0.05, 0) is 29.9 Å².